The van der Waals surface area contributed by atoms with Gasteiger partial charge < -0.3 is 20.1 Å². The van der Waals surface area contributed by atoms with Crippen molar-refractivity contribution in [2.75, 3.05) is 19.6 Å². The van der Waals surface area contributed by atoms with Crippen LogP contribution in [0.3, 0.4) is 0 Å². The molecular formula is C37H48N6O3. The zero-order valence-electron chi connectivity index (χ0n) is 27.5. The van der Waals surface area contributed by atoms with Gasteiger partial charge in [0.2, 0.25) is 17.7 Å². The molecule has 4 aliphatic rings. The van der Waals surface area contributed by atoms with E-state index in [4.69, 9.17) is 4.98 Å². The molecule has 1 aromatic heterocycles. The standard InChI is InChI=1S/C37H48N6O3/c1-25-38-30-11-7-8-12-32(30)43(25)29-23-27-13-14-28(24-29)42(27)22-19-37(26-9-5-4-6-10-26)17-20-41(21-18-37)35(46)36(2,3)40-34(45)31-15-16-33(44)39-31/h4-12,27-29,31H,13-24H2,1-3H3,(H,39,44)(H,40,45)/t27-,28+,29+,31?. The third-order valence-corrected chi connectivity index (χ3v) is 11.5. The number of carbonyl (C=O) groups excluding carboxylic acids is 3. The lowest BCUT2D eigenvalue weighted by Gasteiger charge is -2.46. The van der Waals surface area contributed by atoms with Crippen LogP contribution in [0.4, 0.5) is 0 Å². The van der Waals surface area contributed by atoms with Crippen molar-refractivity contribution in [3.05, 3.63) is 66.0 Å². The van der Waals surface area contributed by atoms with Crippen molar-refractivity contribution in [1.29, 1.82) is 0 Å². The van der Waals surface area contributed by atoms with E-state index in [9.17, 15) is 14.4 Å². The summed E-state index contributed by atoms with van der Waals surface area (Å²) in [5.74, 6) is 0.664. The molecule has 2 aromatic carbocycles. The molecule has 9 heteroatoms. The summed E-state index contributed by atoms with van der Waals surface area (Å²) in [4.78, 5) is 47.8. The maximum Gasteiger partial charge on any atom is 0.247 e. The van der Waals surface area contributed by atoms with Crippen molar-refractivity contribution in [3.8, 4) is 0 Å². The zero-order valence-corrected chi connectivity index (χ0v) is 27.5. The number of imidazole rings is 1. The highest BCUT2D eigenvalue weighted by molar-refractivity contribution is 5.95. The van der Waals surface area contributed by atoms with Gasteiger partial charge in [-0.25, -0.2) is 4.98 Å². The first kappa shape index (κ1) is 30.9. The molecule has 4 atom stereocenters. The van der Waals surface area contributed by atoms with Crippen LogP contribution in [0.15, 0.2) is 54.6 Å². The fourth-order valence-corrected chi connectivity index (χ4v) is 9.06. The van der Waals surface area contributed by atoms with Crippen LogP contribution in [-0.2, 0) is 19.8 Å². The van der Waals surface area contributed by atoms with Crippen LogP contribution in [0.25, 0.3) is 11.0 Å². The van der Waals surface area contributed by atoms with E-state index in [2.05, 4.69) is 81.6 Å². The lowest BCUT2D eigenvalue weighted by molar-refractivity contribution is -0.142. The zero-order chi connectivity index (χ0) is 32.1. The molecule has 2 bridgehead atoms. The number of piperidine rings is 2. The van der Waals surface area contributed by atoms with E-state index in [1.54, 1.807) is 13.8 Å². The number of amides is 3. The van der Waals surface area contributed by atoms with E-state index < -0.39 is 11.6 Å². The molecule has 4 aliphatic heterocycles. The van der Waals surface area contributed by atoms with E-state index in [1.807, 2.05) is 4.90 Å². The third kappa shape index (κ3) is 5.72. The number of nitrogens with one attached hydrogen (secondary N) is 2. The van der Waals surface area contributed by atoms with Crippen molar-refractivity contribution in [2.45, 2.75) is 114 Å². The van der Waals surface area contributed by atoms with Gasteiger partial charge in [-0.15, -0.1) is 0 Å². The maximum atomic E-state index is 13.7. The van der Waals surface area contributed by atoms with Gasteiger partial charge in [0.15, 0.2) is 0 Å². The number of likely N-dealkylation sites (tertiary alicyclic amines) is 1. The summed E-state index contributed by atoms with van der Waals surface area (Å²) >= 11 is 0. The van der Waals surface area contributed by atoms with Crippen LogP contribution >= 0.6 is 0 Å². The highest BCUT2D eigenvalue weighted by Crippen LogP contribution is 2.45. The average Bonchev–Trinajstić information content (AvgIpc) is 3.71. The molecular weight excluding hydrogens is 576 g/mol. The molecule has 1 unspecified atom stereocenters. The highest BCUT2D eigenvalue weighted by Gasteiger charge is 2.45. The Kier molecular flexibility index (Phi) is 8.16. The Labute approximate surface area is 272 Å². The quantitative estimate of drug-likeness (QED) is 0.381. The summed E-state index contributed by atoms with van der Waals surface area (Å²) in [6.07, 6.45) is 8.56. The van der Waals surface area contributed by atoms with Crippen molar-refractivity contribution in [1.82, 2.24) is 30.0 Å². The number of aromatic nitrogens is 2. The number of hydrogen-bond acceptors (Lipinski definition) is 5. The van der Waals surface area contributed by atoms with Crippen molar-refractivity contribution in [2.24, 2.45) is 0 Å². The Hall–Kier alpha value is -3.72. The molecule has 3 amide bonds. The van der Waals surface area contributed by atoms with E-state index in [0.717, 1.165) is 37.1 Å². The van der Waals surface area contributed by atoms with Gasteiger partial charge in [-0.3, -0.25) is 19.3 Å². The monoisotopic (exact) mass is 624 g/mol. The summed E-state index contributed by atoms with van der Waals surface area (Å²) in [5.41, 5.74) is 2.69. The Morgan fingerprint density at radius 1 is 0.957 bits per heavy atom. The average molecular weight is 625 g/mol. The molecule has 0 aliphatic carbocycles. The summed E-state index contributed by atoms with van der Waals surface area (Å²) < 4.78 is 2.50. The fourth-order valence-electron chi connectivity index (χ4n) is 9.06. The van der Waals surface area contributed by atoms with Crippen molar-refractivity contribution < 1.29 is 14.4 Å². The summed E-state index contributed by atoms with van der Waals surface area (Å²) in [6, 6.07) is 20.6. The van der Waals surface area contributed by atoms with Crippen LogP contribution < -0.4 is 10.6 Å². The van der Waals surface area contributed by atoms with Crippen LogP contribution in [0.2, 0.25) is 0 Å². The summed E-state index contributed by atoms with van der Waals surface area (Å²) in [5, 5.41) is 5.63. The second kappa shape index (κ2) is 12.1. The minimum absolute atomic E-state index is 0.00693. The lowest BCUT2D eigenvalue weighted by atomic mass is 9.70. The van der Waals surface area contributed by atoms with E-state index in [-0.39, 0.29) is 23.1 Å². The molecule has 46 heavy (non-hydrogen) atoms. The van der Waals surface area contributed by atoms with Crippen LogP contribution in [0.5, 0.6) is 0 Å². The van der Waals surface area contributed by atoms with Gasteiger partial charge in [0.1, 0.15) is 17.4 Å². The van der Waals surface area contributed by atoms with Gasteiger partial charge in [0.25, 0.3) is 0 Å². The van der Waals surface area contributed by atoms with E-state index in [0.29, 0.717) is 44.1 Å². The number of rotatable bonds is 8. The number of para-hydroxylation sites is 2. The Bertz CT molecular complexity index is 1590. The second-order valence-corrected chi connectivity index (χ2v) is 14.7. The van der Waals surface area contributed by atoms with Gasteiger partial charge in [-0.1, -0.05) is 42.5 Å². The van der Waals surface area contributed by atoms with Crippen LogP contribution in [0, 0.1) is 6.92 Å². The smallest absolute Gasteiger partial charge is 0.247 e. The van der Waals surface area contributed by atoms with Crippen molar-refractivity contribution in [3.63, 3.8) is 0 Å². The third-order valence-electron chi connectivity index (χ3n) is 11.5. The molecule has 0 saturated carbocycles. The number of carbonyl (C=O) groups is 3. The molecule has 7 rings (SSSR count). The minimum atomic E-state index is -1.04. The number of hydrogen-bond donors (Lipinski definition) is 2. The first-order valence-corrected chi connectivity index (χ1v) is 17.3. The van der Waals surface area contributed by atoms with E-state index >= 15 is 0 Å². The van der Waals surface area contributed by atoms with Crippen LogP contribution in [0.1, 0.15) is 89.1 Å². The Morgan fingerprint density at radius 3 is 2.30 bits per heavy atom. The van der Waals surface area contributed by atoms with Gasteiger partial charge >= 0.3 is 0 Å². The predicted octanol–water partition coefficient (Wildman–Crippen LogP) is 4.64. The predicted molar refractivity (Wildman–Crippen MR) is 178 cm³/mol. The number of aryl methyl sites for hydroxylation is 1. The molecule has 2 N–H and O–H groups in total. The largest absolute Gasteiger partial charge is 0.344 e. The van der Waals surface area contributed by atoms with E-state index in [1.165, 1.54) is 36.8 Å². The molecule has 4 fully saturated rings. The first-order valence-electron chi connectivity index (χ1n) is 17.3. The molecule has 0 radical (unpaired) electrons. The Morgan fingerprint density at radius 2 is 1.63 bits per heavy atom. The lowest BCUT2D eigenvalue weighted by Crippen LogP contribution is -2.60. The summed E-state index contributed by atoms with van der Waals surface area (Å²) in [6.45, 7) is 8.10. The van der Waals surface area contributed by atoms with Gasteiger partial charge in [0.05, 0.1) is 11.0 Å². The summed E-state index contributed by atoms with van der Waals surface area (Å²) in [7, 11) is 0. The maximum absolute atomic E-state index is 13.7. The number of nitrogens with zero attached hydrogens (tertiary/aromatic N) is 4. The number of benzene rings is 2. The van der Waals surface area contributed by atoms with Gasteiger partial charge in [0, 0.05) is 37.6 Å². The molecule has 244 valence electrons. The topological polar surface area (TPSA) is 99.6 Å². The molecule has 9 nitrogen and oxygen atoms in total. The second-order valence-electron chi connectivity index (χ2n) is 14.7. The molecule has 5 heterocycles. The number of fused-ring (bicyclic) bond motifs is 3. The highest BCUT2D eigenvalue weighted by atomic mass is 16.2. The molecule has 3 aromatic rings. The first-order chi connectivity index (χ1) is 22.1. The normalized spacial score (nSPS) is 26.3. The van der Waals surface area contributed by atoms with Crippen LogP contribution in [-0.4, -0.2) is 80.4 Å². The minimum Gasteiger partial charge on any atom is -0.344 e. The fraction of sp³-hybridized carbons (Fsp3) is 0.568. The SMILES string of the molecule is Cc1nc2ccccc2n1[C@H]1C[C@H]2CC[C@@H](C1)N2CCC1(c2ccccc2)CCN(C(=O)C(C)(C)NC(=O)C2CCC(=O)N2)CC1. The van der Waals surface area contributed by atoms with Crippen molar-refractivity contribution >= 4 is 28.8 Å². The molecule has 4 saturated heterocycles. The Balaban J connectivity index is 1.02. The molecule has 0 spiro atoms. The van der Waals surface area contributed by atoms with Gasteiger partial charge in [-0.2, -0.15) is 0 Å². The van der Waals surface area contributed by atoms with Gasteiger partial charge in [-0.05, 0) is 102 Å².